The van der Waals surface area contributed by atoms with Crippen LogP contribution >= 0.6 is 0 Å². The van der Waals surface area contributed by atoms with Gasteiger partial charge in [-0.2, -0.15) is 0 Å². The first-order valence-electron chi connectivity index (χ1n) is 8.97. The van der Waals surface area contributed by atoms with E-state index >= 15 is 0 Å². The Hall–Kier alpha value is -1.47. The Labute approximate surface area is 143 Å². The normalized spacial score (nSPS) is 24.8. The van der Waals surface area contributed by atoms with Crippen LogP contribution in [0.5, 0.6) is 0 Å². The predicted molar refractivity (Wildman–Crippen MR) is 88.6 cm³/mol. The molecule has 24 heavy (non-hydrogen) atoms. The van der Waals surface area contributed by atoms with Gasteiger partial charge in [0.25, 0.3) is 0 Å². The zero-order valence-electron chi connectivity index (χ0n) is 14.8. The van der Waals surface area contributed by atoms with Gasteiger partial charge in [-0.05, 0) is 32.1 Å². The lowest BCUT2D eigenvalue weighted by Gasteiger charge is -2.28. The van der Waals surface area contributed by atoms with Crippen LogP contribution in [0.25, 0.3) is 0 Å². The summed E-state index contributed by atoms with van der Waals surface area (Å²) in [6.07, 6.45) is 3.53. The summed E-state index contributed by atoms with van der Waals surface area (Å²) in [5, 5.41) is 11.4. The second-order valence-corrected chi connectivity index (χ2v) is 7.15. The summed E-state index contributed by atoms with van der Waals surface area (Å²) in [6.45, 7) is 8.01. The van der Waals surface area contributed by atoms with Crippen LogP contribution in [0.2, 0.25) is 0 Å². The predicted octanol–water partition coefficient (Wildman–Crippen LogP) is 1.24. The zero-order chi connectivity index (χ0) is 17.1. The highest BCUT2D eigenvalue weighted by atomic mass is 16.5. The summed E-state index contributed by atoms with van der Waals surface area (Å²) in [5.41, 5.74) is 0. The van der Waals surface area contributed by atoms with Crippen LogP contribution in [0.1, 0.15) is 44.8 Å². The molecule has 1 saturated heterocycles. The molecule has 3 atom stereocenters. The Morgan fingerprint density at radius 2 is 2.25 bits per heavy atom. The number of amides is 1. The smallest absolute Gasteiger partial charge is 0.249 e. The van der Waals surface area contributed by atoms with E-state index in [2.05, 4.69) is 20.1 Å². The maximum absolute atomic E-state index is 12.7. The largest absolute Gasteiger partial charge is 0.376 e. The molecule has 0 spiro atoms. The standard InChI is InChI=1S/C17H28N4O3/c1-11(2)16(24-10-14-5-4-8-23-14)17(22)18-13-6-7-15-20-19-12(3)21(15)9-13/h11,13-14,16H,4-10H2,1-3H3,(H,18,22)/t13-,14+,16+/m1/s1. The molecular weight excluding hydrogens is 308 g/mol. The van der Waals surface area contributed by atoms with Crippen molar-refractivity contribution in [2.45, 2.75) is 71.2 Å². The summed E-state index contributed by atoms with van der Waals surface area (Å²) in [5.74, 6) is 2.01. The van der Waals surface area contributed by atoms with Gasteiger partial charge in [0.2, 0.25) is 5.91 Å². The first-order valence-corrected chi connectivity index (χ1v) is 8.97. The van der Waals surface area contributed by atoms with E-state index in [0.29, 0.717) is 6.61 Å². The maximum Gasteiger partial charge on any atom is 0.249 e. The molecule has 0 unspecified atom stereocenters. The van der Waals surface area contributed by atoms with E-state index in [4.69, 9.17) is 9.47 Å². The topological polar surface area (TPSA) is 78.3 Å². The highest BCUT2D eigenvalue weighted by Crippen LogP contribution is 2.17. The van der Waals surface area contributed by atoms with Gasteiger partial charge in [0, 0.05) is 25.6 Å². The molecule has 134 valence electrons. The van der Waals surface area contributed by atoms with Crippen LogP contribution in [0.15, 0.2) is 0 Å². The average molecular weight is 336 g/mol. The SMILES string of the molecule is Cc1nnc2n1C[C@H](NC(=O)[C@@H](OC[C@@H]1CCCO1)C(C)C)CC2. The summed E-state index contributed by atoms with van der Waals surface area (Å²) < 4.78 is 13.6. The molecule has 0 saturated carbocycles. The van der Waals surface area contributed by atoms with E-state index in [1.807, 2.05) is 20.8 Å². The average Bonchev–Trinajstić information content (AvgIpc) is 3.18. The third-order valence-corrected chi connectivity index (χ3v) is 4.83. The number of nitrogens with one attached hydrogen (secondary N) is 1. The number of hydrogen-bond donors (Lipinski definition) is 1. The van der Waals surface area contributed by atoms with E-state index in [9.17, 15) is 4.79 Å². The number of aromatic nitrogens is 3. The molecule has 7 nitrogen and oxygen atoms in total. The van der Waals surface area contributed by atoms with Crippen molar-refractivity contribution in [3.63, 3.8) is 0 Å². The Balaban J connectivity index is 1.54. The minimum Gasteiger partial charge on any atom is -0.376 e. The Bertz CT molecular complexity index is 566. The fourth-order valence-electron chi connectivity index (χ4n) is 3.42. The van der Waals surface area contributed by atoms with Crippen molar-refractivity contribution in [1.29, 1.82) is 0 Å². The minimum atomic E-state index is -0.433. The van der Waals surface area contributed by atoms with Crippen LogP contribution in [0.4, 0.5) is 0 Å². The van der Waals surface area contributed by atoms with E-state index in [0.717, 1.165) is 50.5 Å². The number of hydrogen-bond acceptors (Lipinski definition) is 5. The number of ether oxygens (including phenoxy) is 2. The van der Waals surface area contributed by atoms with Gasteiger partial charge in [-0.1, -0.05) is 13.8 Å². The lowest BCUT2D eigenvalue weighted by atomic mass is 10.0. The number of rotatable bonds is 6. The second kappa shape index (κ2) is 7.61. The molecule has 0 bridgehead atoms. The summed E-state index contributed by atoms with van der Waals surface area (Å²) in [6, 6.07) is 0.104. The van der Waals surface area contributed by atoms with Crippen molar-refractivity contribution >= 4 is 5.91 Å². The van der Waals surface area contributed by atoms with E-state index in [1.54, 1.807) is 0 Å². The van der Waals surface area contributed by atoms with Gasteiger partial charge in [0.05, 0.1) is 12.7 Å². The number of carbonyl (C=O) groups is 1. The third-order valence-electron chi connectivity index (χ3n) is 4.83. The lowest BCUT2D eigenvalue weighted by molar-refractivity contribution is -0.139. The van der Waals surface area contributed by atoms with Crippen molar-refractivity contribution in [2.24, 2.45) is 5.92 Å². The molecule has 0 aromatic carbocycles. The van der Waals surface area contributed by atoms with Crippen LogP contribution in [0.3, 0.4) is 0 Å². The van der Waals surface area contributed by atoms with Crippen molar-refractivity contribution in [2.75, 3.05) is 13.2 Å². The minimum absolute atomic E-state index is 0.0258. The summed E-state index contributed by atoms with van der Waals surface area (Å²) >= 11 is 0. The van der Waals surface area contributed by atoms with Crippen molar-refractivity contribution < 1.29 is 14.3 Å². The Morgan fingerprint density at radius 1 is 1.42 bits per heavy atom. The molecule has 1 fully saturated rings. The summed E-state index contributed by atoms with van der Waals surface area (Å²) in [7, 11) is 0. The van der Waals surface area contributed by atoms with Crippen LogP contribution in [-0.4, -0.2) is 52.1 Å². The number of fused-ring (bicyclic) bond motifs is 1. The third kappa shape index (κ3) is 3.95. The van der Waals surface area contributed by atoms with E-state index < -0.39 is 6.10 Å². The molecule has 2 aliphatic rings. The molecule has 3 heterocycles. The van der Waals surface area contributed by atoms with Crippen LogP contribution in [-0.2, 0) is 27.2 Å². The molecule has 0 aliphatic carbocycles. The highest BCUT2D eigenvalue weighted by Gasteiger charge is 2.29. The van der Waals surface area contributed by atoms with Gasteiger partial charge in [0.1, 0.15) is 17.8 Å². The number of aryl methyl sites for hydroxylation is 2. The lowest BCUT2D eigenvalue weighted by Crippen LogP contribution is -2.48. The quantitative estimate of drug-likeness (QED) is 0.845. The zero-order valence-corrected chi connectivity index (χ0v) is 14.8. The van der Waals surface area contributed by atoms with E-state index in [1.165, 1.54) is 0 Å². The van der Waals surface area contributed by atoms with Gasteiger partial charge in [0.15, 0.2) is 0 Å². The molecule has 7 heteroatoms. The van der Waals surface area contributed by atoms with Gasteiger partial charge in [-0.15, -0.1) is 10.2 Å². The molecule has 1 aromatic heterocycles. The molecular formula is C17H28N4O3. The van der Waals surface area contributed by atoms with Crippen LogP contribution < -0.4 is 5.32 Å². The van der Waals surface area contributed by atoms with Crippen LogP contribution in [0, 0.1) is 12.8 Å². The summed E-state index contributed by atoms with van der Waals surface area (Å²) in [4.78, 5) is 12.7. The van der Waals surface area contributed by atoms with Crippen molar-refractivity contribution in [3.05, 3.63) is 11.6 Å². The van der Waals surface area contributed by atoms with Crippen molar-refractivity contribution in [1.82, 2.24) is 20.1 Å². The monoisotopic (exact) mass is 336 g/mol. The second-order valence-electron chi connectivity index (χ2n) is 7.15. The molecule has 1 aromatic rings. The molecule has 3 rings (SSSR count). The maximum atomic E-state index is 12.7. The Morgan fingerprint density at radius 3 is 2.96 bits per heavy atom. The Kier molecular flexibility index (Phi) is 5.50. The van der Waals surface area contributed by atoms with Crippen molar-refractivity contribution in [3.8, 4) is 0 Å². The van der Waals surface area contributed by atoms with Gasteiger partial charge < -0.3 is 19.4 Å². The molecule has 1 N–H and O–H groups in total. The first kappa shape index (κ1) is 17.4. The van der Waals surface area contributed by atoms with Gasteiger partial charge in [-0.3, -0.25) is 4.79 Å². The molecule has 2 aliphatic heterocycles. The molecule has 1 amide bonds. The number of nitrogens with zero attached hydrogens (tertiary/aromatic N) is 3. The fraction of sp³-hybridized carbons (Fsp3) is 0.824. The van der Waals surface area contributed by atoms with E-state index in [-0.39, 0.29) is 24.0 Å². The van der Waals surface area contributed by atoms with Gasteiger partial charge >= 0.3 is 0 Å². The highest BCUT2D eigenvalue weighted by molar-refractivity contribution is 5.81. The molecule has 0 radical (unpaired) electrons. The first-order chi connectivity index (χ1) is 11.5. The fourth-order valence-corrected chi connectivity index (χ4v) is 3.42. The van der Waals surface area contributed by atoms with Gasteiger partial charge in [-0.25, -0.2) is 0 Å². The number of carbonyl (C=O) groups excluding carboxylic acids is 1.